The number of aromatic amines is 1. The Morgan fingerprint density at radius 3 is 3.00 bits per heavy atom. The number of H-pyrrole nitrogens is 1. The summed E-state index contributed by atoms with van der Waals surface area (Å²) in [6, 6.07) is 0. The fourth-order valence-electron chi connectivity index (χ4n) is 1.64. The zero-order valence-corrected chi connectivity index (χ0v) is 9.75. The van der Waals surface area contributed by atoms with Crippen molar-refractivity contribution >= 4 is 17.0 Å². The molecule has 5 nitrogen and oxygen atoms in total. The Kier molecular flexibility index (Phi) is 3.34. The maximum absolute atomic E-state index is 4.38. The van der Waals surface area contributed by atoms with Gasteiger partial charge in [-0.15, -0.1) is 0 Å². The highest BCUT2D eigenvalue weighted by Crippen LogP contribution is 2.13. The predicted octanol–water partition coefficient (Wildman–Crippen LogP) is 2.26. The summed E-state index contributed by atoms with van der Waals surface area (Å²) in [5.41, 5.74) is 2.71. The van der Waals surface area contributed by atoms with E-state index < -0.39 is 0 Å². The molecule has 5 heteroatoms. The Balaban J connectivity index is 2.06. The largest absolute Gasteiger partial charge is 0.354 e. The maximum Gasteiger partial charge on any atom is 0.223 e. The van der Waals surface area contributed by atoms with Crippen molar-refractivity contribution in [2.45, 2.75) is 33.1 Å². The number of anilines is 1. The average molecular weight is 219 g/mol. The molecule has 2 heterocycles. The highest BCUT2D eigenvalue weighted by Gasteiger charge is 2.04. The van der Waals surface area contributed by atoms with Crippen LogP contribution in [0.3, 0.4) is 0 Å². The number of hydrogen-bond acceptors (Lipinski definition) is 4. The molecule has 2 rings (SSSR count). The highest BCUT2D eigenvalue weighted by atomic mass is 15.2. The molecular weight excluding hydrogens is 202 g/mol. The molecule has 0 aliphatic carbocycles. The molecular formula is C11H17N5. The van der Waals surface area contributed by atoms with E-state index in [-0.39, 0.29) is 0 Å². The van der Waals surface area contributed by atoms with Crippen molar-refractivity contribution in [2.75, 3.05) is 11.9 Å². The zero-order chi connectivity index (χ0) is 11.4. The summed E-state index contributed by atoms with van der Waals surface area (Å²) in [6.45, 7) is 5.08. The minimum absolute atomic E-state index is 0.697. The number of hydrogen-bond donors (Lipinski definition) is 2. The first kappa shape index (κ1) is 10.9. The highest BCUT2D eigenvalue weighted by molar-refractivity contribution is 5.76. The van der Waals surface area contributed by atoms with Gasteiger partial charge in [-0.25, -0.2) is 9.97 Å². The predicted molar refractivity (Wildman–Crippen MR) is 64.4 cm³/mol. The second-order valence-corrected chi connectivity index (χ2v) is 3.90. The van der Waals surface area contributed by atoms with Gasteiger partial charge in [-0.2, -0.15) is 5.10 Å². The minimum Gasteiger partial charge on any atom is -0.354 e. The fourth-order valence-corrected chi connectivity index (χ4v) is 1.64. The maximum atomic E-state index is 4.38. The molecule has 2 aromatic rings. The third kappa shape index (κ3) is 2.29. The van der Waals surface area contributed by atoms with Gasteiger partial charge in [0.25, 0.3) is 0 Å². The Morgan fingerprint density at radius 2 is 2.19 bits per heavy atom. The van der Waals surface area contributed by atoms with Crippen molar-refractivity contribution in [1.82, 2.24) is 20.2 Å². The summed E-state index contributed by atoms with van der Waals surface area (Å²) in [6.07, 6.45) is 5.34. The summed E-state index contributed by atoms with van der Waals surface area (Å²) >= 11 is 0. The lowest BCUT2D eigenvalue weighted by Crippen LogP contribution is -2.06. The van der Waals surface area contributed by atoms with Gasteiger partial charge in [0.05, 0.1) is 11.9 Å². The van der Waals surface area contributed by atoms with Crippen LogP contribution in [0.4, 0.5) is 5.95 Å². The Bertz CT molecular complexity index is 462. The van der Waals surface area contributed by atoms with Gasteiger partial charge in [0.15, 0.2) is 0 Å². The van der Waals surface area contributed by atoms with Crippen LogP contribution in [-0.4, -0.2) is 26.7 Å². The van der Waals surface area contributed by atoms with Crippen molar-refractivity contribution in [3.8, 4) is 0 Å². The van der Waals surface area contributed by atoms with Gasteiger partial charge in [0.1, 0.15) is 11.0 Å². The van der Waals surface area contributed by atoms with E-state index in [1.807, 2.05) is 6.92 Å². The van der Waals surface area contributed by atoms with E-state index in [1.54, 1.807) is 6.20 Å². The quantitative estimate of drug-likeness (QED) is 0.757. The molecule has 0 aliphatic heterocycles. The molecule has 0 spiro atoms. The van der Waals surface area contributed by atoms with Gasteiger partial charge >= 0.3 is 0 Å². The van der Waals surface area contributed by atoms with Crippen LogP contribution in [0.25, 0.3) is 11.0 Å². The van der Waals surface area contributed by atoms with Gasteiger partial charge in [0.2, 0.25) is 5.95 Å². The number of fused-ring (bicyclic) bond motifs is 1. The summed E-state index contributed by atoms with van der Waals surface area (Å²) in [4.78, 5) is 8.76. The van der Waals surface area contributed by atoms with Crippen LogP contribution in [0, 0.1) is 6.92 Å². The molecule has 0 bridgehead atoms. The van der Waals surface area contributed by atoms with E-state index in [0.29, 0.717) is 5.95 Å². The summed E-state index contributed by atoms with van der Waals surface area (Å²) in [7, 11) is 0. The molecule has 2 aromatic heterocycles. The molecule has 0 atom stereocenters. The minimum atomic E-state index is 0.697. The summed E-state index contributed by atoms with van der Waals surface area (Å²) < 4.78 is 0. The monoisotopic (exact) mass is 219 g/mol. The van der Waals surface area contributed by atoms with Gasteiger partial charge < -0.3 is 5.32 Å². The number of nitrogens with one attached hydrogen (secondary N) is 2. The van der Waals surface area contributed by atoms with Crippen molar-refractivity contribution in [3.05, 3.63) is 11.9 Å². The molecule has 0 saturated heterocycles. The number of aromatic nitrogens is 4. The van der Waals surface area contributed by atoms with Gasteiger partial charge in [-0.1, -0.05) is 19.8 Å². The Morgan fingerprint density at radius 1 is 1.31 bits per heavy atom. The third-order valence-electron chi connectivity index (χ3n) is 2.54. The topological polar surface area (TPSA) is 66.5 Å². The average Bonchev–Trinajstić information content (AvgIpc) is 2.73. The van der Waals surface area contributed by atoms with E-state index >= 15 is 0 Å². The molecule has 16 heavy (non-hydrogen) atoms. The molecule has 0 fully saturated rings. The zero-order valence-electron chi connectivity index (χ0n) is 9.75. The molecule has 0 amide bonds. The van der Waals surface area contributed by atoms with Crippen molar-refractivity contribution in [3.63, 3.8) is 0 Å². The first-order valence-corrected chi connectivity index (χ1v) is 5.73. The SMILES string of the molecule is CCCCCNc1nc(C)c2[nH]ncc2n1. The van der Waals surface area contributed by atoms with Crippen LogP contribution in [0.2, 0.25) is 0 Å². The van der Waals surface area contributed by atoms with Gasteiger partial charge in [0, 0.05) is 6.54 Å². The van der Waals surface area contributed by atoms with E-state index in [1.165, 1.54) is 12.8 Å². The lowest BCUT2D eigenvalue weighted by atomic mass is 10.2. The van der Waals surface area contributed by atoms with E-state index in [0.717, 1.165) is 29.7 Å². The first-order chi connectivity index (χ1) is 7.81. The molecule has 0 saturated carbocycles. The van der Waals surface area contributed by atoms with Crippen LogP contribution in [-0.2, 0) is 0 Å². The number of aryl methyl sites for hydroxylation is 1. The lowest BCUT2D eigenvalue weighted by molar-refractivity contribution is 0.740. The van der Waals surface area contributed by atoms with E-state index in [9.17, 15) is 0 Å². The van der Waals surface area contributed by atoms with Crippen LogP contribution >= 0.6 is 0 Å². The first-order valence-electron chi connectivity index (χ1n) is 5.73. The summed E-state index contributed by atoms with van der Waals surface area (Å²) in [5, 5.41) is 10.1. The van der Waals surface area contributed by atoms with E-state index in [4.69, 9.17) is 0 Å². The third-order valence-corrected chi connectivity index (χ3v) is 2.54. The number of rotatable bonds is 5. The Hall–Kier alpha value is -1.65. The Labute approximate surface area is 94.7 Å². The molecule has 0 aliphatic rings. The summed E-state index contributed by atoms with van der Waals surface area (Å²) in [5.74, 6) is 0.697. The van der Waals surface area contributed by atoms with Gasteiger partial charge in [-0.3, -0.25) is 5.10 Å². The fraction of sp³-hybridized carbons (Fsp3) is 0.545. The van der Waals surface area contributed by atoms with Crippen molar-refractivity contribution < 1.29 is 0 Å². The number of unbranched alkanes of at least 4 members (excludes halogenated alkanes) is 2. The van der Waals surface area contributed by atoms with Crippen molar-refractivity contribution in [2.24, 2.45) is 0 Å². The molecule has 0 unspecified atom stereocenters. The van der Waals surface area contributed by atoms with Crippen LogP contribution in [0.1, 0.15) is 31.9 Å². The van der Waals surface area contributed by atoms with E-state index in [2.05, 4.69) is 32.4 Å². The normalized spacial score (nSPS) is 10.9. The smallest absolute Gasteiger partial charge is 0.223 e. The molecule has 0 aromatic carbocycles. The standard InChI is InChI=1S/C11H17N5/c1-3-4-5-6-12-11-14-8(2)10-9(15-11)7-13-16-10/h7H,3-6H2,1-2H3,(H,13,16)(H,12,14,15). The van der Waals surface area contributed by atoms with Crippen LogP contribution < -0.4 is 5.32 Å². The molecule has 2 N–H and O–H groups in total. The number of nitrogens with zero attached hydrogens (tertiary/aromatic N) is 3. The van der Waals surface area contributed by atoms with Gasteiger partial charge in [-0.05, 0) is 13.3 Å². The second kappa shape index (κ2) is 4.92. The molecule has 86 valence electrons. The lowest BCUT2D eigenvalue weighted by Gasteiger charge is -2.05. The van der Waals surface area contributed by atoms with Crippen molar-refractivity contribution in [1.29, 1.82) is 0 Å². The molecule has 0 radical (unpaired) electrons. The second-order valence-electron chi connectivity index (χ2n) is 3.90. The van der Waals surface area contributed by atoms with Crippen LogP contribution in [0.15, 0.2) is 6.20 Å². The van der Waals surface area contributed by atoms with Crippen LogP contribution in [0.5, 0.6) is 0 Å².